The molecule has 1 radical (unpaired) electrons. The molecule has 1 unspecified atom stereocenters. The van der Waals surface area contributed by atoms with Gasteiger partial charge in [-0.05, 0) is 18.5 Å². The summed E-state index contributed by atoms with van der Waals surface area (Å²) in [4.78, 5) is 2.73. The molecule has 0 saturated heterocycles. The maximum atomic E-state index is 9.51. The molecule has 2 nitrogen and oxygen atoms in total. The van der Waals surface area contributed by atoms with Gasteiger partial charge in [-0.3, -0.25) is 0 Å². The predicted octanol–water partition coefficient (Wildman–Crippen LogP) is 1.50. The molecule has 1 rings (SSSR count). The van der Waals surface area contributed by atoms with Gasteiger partial charge in [0.15, 0.2) is 0 Å². The third-order valence-corrected chi connectivity index (χ3v) is 2.33. The molecule has 1 aromatic heterocycles. The van der Waals surface area contributed by atoms with E-state index >= 15 is 0 Å². The van der Waals surface area contributed by atoms with Crippen LogP contribution in [0.1, 0.15) is 11.0 Å². The fourth-order valence-electron chi connectivity index (χ4n) is 0.866. The minimum absolute atomic E-state index is 0.391. The molecule has 0 aliphatic carbocycles. The molecule has 1 heterocycles. The Hall–Kier alpha value is -0.380. The van der Waals surface area contributed by atoms with E-state index < -0.39 is 6.10 Å². The quantitative estimate of drug-likeness (QED) is 0.743. The third-order valence-electron chi connectivity index (χ3n) is 1.36. The van der Waals surface area contributed by atoms with E-state index in [9.17, 15) is 5.11 Å². The van der Waals surface area contributed by atoms with Crippen LogP contribution in [0, 0.1) is 7.05 Å². The highest BCUT2D eigenvalue weighted by Crippen LogP contribution is 2.18. The van der Waals surface area contributed by atoms with Crippen molar-refractivity contribution in [2.45, 2.75) is 6.10 Å². The number of hydrogen-bond acceptors (Lipinski definition) is 3. The smallest absolute Gasteiger partial charge is 0.101 e. The lowest BCUT2D eigenvalue weighted by Gasteiger charge is -2.13. The summed E-state index contributed by atoms with van der Waals surface area (Å²) in [5.41, 5.74) is 0. The number of hydrogen-bond donors (Lipinski definition) is 1. The highest BCUT2D eigenvalue weighted by atomic mass is 32.1. The van der Waals surface area contributed by atoms with E-state index in [1.165, 1.54) is 0 Å². The molecular weight excluding hydrogens is 158 g/mol. The van der Waals surface area contributed by atoms with Crippen LogP contribution >= 0.6 is 11.3 Å². The second-order valence-corrected chi connectivity index (χ2v) is 3.55. The lowest BCUT2D eigenvalue weighted by atomic mass is 10.3. The largest absolute Gasteiger partial charge is 0.386 e. The van der Waals surface area contributed by atoms with E-state index in [1.807, 2.05) is 24.6 Å². The van der Waals surface area contributed by atoms with Gasteiger partial charge in [-0.2, -0.15) is 0 Å². The summed E-state index contributed by atoms with van der Waals surface area (Å²) in [6, 6.07) is 3.87. The van der Waals surface area contributed by atoms with Crippen molar-refractivity contribution in [2.24, 2.45) is 0 Å². The molecule has 0 fully saturated rings. The van der Waals surface area contributed by atoms with Crippen molar-refractivity contribution in [1.82, 2.24) is 4.90 Å². The lowest BCUT2D eigenvalue weighted by molar-refractivity contribution is 0.148. The Kier molecular flexibility index (Phi) is 3.05. The van der Waals surface area contributed by atoms with Gasteiger partial charge in [0.25, 0.3) is 0 Å². The van der Waals surface area contributed by atoms with Crippen LogP contribution in [0.5, 0.6) is 0 Å². The standard InChI is InChI=1S/C8H12NOS/c1-9(2)6-7(10)8-4-3-5-11-8/h3-5,7,10H,1,6H2,2H3. The van der Waals surface area contributed by atoms with Crippen LogP contribution in [0.2, 0.25) is 0 Å². The first kappa shape index (κ1) is 8.71. The molecule has 1 aromatic rings. The Labute approximate surface area is 71.1 Å². The van der Waals surface area contributed by atoms with Crippen LogP contribution in [0.3, 0.4) is 0 Å². The van der Waals surface area contributed by atoms with Gasteiger partial charge in [0, 0.05) is 18.5 Å². The molecule has 0 aliphatic rings. The van der Waals surface area contributed by atoms with Gasteiger partial charge in [-0.1, -0.05) is 6.07 Å². The van der Waals surface area contributed by atoms with E-state index in [2.05, 4.69) is 7.05 Å². The zero-order chi connectivity index (χ0) is 8.27. The summed E-state index contributed by atoms with van der Waals surface area (Å²) < 4.78 is 0. The van der Waals surface area contributed by atoms with E-state index in [0.717, 1.165) is 4.88 Å². The van der Waals surface area contributed by atoms with Crippen LogP contribution in [0.25, 0.3) is 0 Å². The monoisotopic (exact) mass is 170 g/mol. The fraction of sp³-hybridized carbons (Fsp3) is 0.375. The summed E-state index contributed by atoms with van der Waals surface area (Å²) in [5.74, 6) is 0. The zero-order valence-electron chi connectivity index (χ0n) is 6.53. The van der Waals surface area contributed by atoms with Gasteiger partial charge in [0.2, 0.25) is 0 Å². The molecule has 0 bridgehead atoms. The fourth-order valence-corrected chi connectivity index (χ4v) is 1.57. The van der Waals surface area contributed by atoms with Gasteiger partial charge < -0.3 is 10.0 Å². The maximum absolute atomic E-state index is 9.51. The van der Waals surface area contributed by atoms with E-state index in [-0.39, 0.29) is 0 Å². The van der Waals surface area contributed by atoms with Crippen molar-refractivity contribution < 1.29 is 5.11 Å². The minimum Gasteiger partial charge on any atom is -0.386 e. The number of rotatable bonds is 3. The summed E-state index contributed by atoms with van der Waals surface area (Å²) >= 11 is 1.57. The van der Waals surface area contributed by atoms with Crippen molar-refractivity contribution in [3.63, 3.8) is 0 Å². The molecule has 0 spiro atoms. The Morgan fingerprint density at radius 1 is 1.82 bits per heavy atom. The Bertz CT molecular complexity index is 196. The molecule has 0 saturated carbocycles. The first-order chi connectivity index (χ1) is 5.20. The summed E-state index contributed by atoms with van der Waals surface area (Å²) in [7, 11) is 5.51. The molecule has 3 heteroatoms. The lowest BCUT2D eigenvalue weighted by Crippen LogP contribution is -2.17. The molecular formula is C8H12NOS. The molecule has 0 aromatic carbocycles. The summed E-state index contributed by atoms with van der Waals surface area (Å²) in [5, 5.41) is 11.5. The van der Waals surface area contributed by atoms with Gasteiger partial charge >= 0.3 is 0 Å². The summed E-state index contributed by atoms with van der Waals surface area (Å²) in [6.45, 7) is 0.584. The molecule has 11 heavy (non-hydrogen) atoms. The van der Waals surface area contributed by atoms with Crippen molar-refractivity contribution in [3.05, 3.63) is 29.4 Å². The number of nitrogens with zero attached hydrogens (tertiary/aromatic N) is 1. The molecule has 0 amide bonds. The molecule has 1 N–H and O–H groups in total. The number of thiophene rings is 1. The Morgan fingerprint density at radius 2 is 2.55 bits per heavy atom. The van der Waals surface area contributed by atoms with Crippen LogP contribution in [0.4, 0.5) is 0 Å². The SMILES string of the molecule is [CH2]N(C)CC(O)c1cccs1. The first-order valence-electron chi connectivity index (χ1n) is 3.43. The van der Waals surface area contributed by atoms with Crippen LogP contribution < -0.4 is 0 Å². The average Bonchev–Trinajstić information content (AvgIpc) is 2.35. The number of aliphatic hydroxyl groups excluding tert-OH is 1. The second kappa shape index (κ2) is 3.85. The highest BCUT2D eigenvalue weighted by Gasteiger charge is 2.08. The van der Waals surface area contributed by atoms with Crippen molar-refractivity contribution in [3.8, 4) is 0 Å². The normalized spacial score (nSPS) is 13.8. The topological polar surface area (TPSA) is 23.5 Å². The van der Waals surface area contributed by atoms with Crippen molar-refractivity contribution >= 4 is 11.3 Å². The van der Waals surface area contributed by atoms with Crippen molar-refractivity contribution in [2.75, 3.05) is 13.6 Å². The maximum Gasteiger partial charge on any atom is 0.101 e. The Balaban J connectivity index is 2.49. The zero-order valence-corrected chi connectivity index (χ0v) is 7.34. The Morgan fingerprint density at radius 3 is 3.00 bits per heavy atom. The highest BCUT2D eigenvalue weighted by molar-refractivity contribution is 7.10. The second-order valence-electron chi connectivity index (χ2n) is 2.57. The minimum atomic E-state index is -0.391. The van der Waals surface area contributed by atoms with Gasteiger partial charge in [0.05, 0.1) is 0 Å². The van der Waals surface area contributed by atoms with Crippen molar-refractivity contribution in [1.29, 1.82) is 0 Å². The molecule has 61 valence electrons. The number of aliphatic hydroxyl groups is 1. The van der Waals surface area contributed by atoms with E-state index in [4.69, 9.17) is 0 Å². The van der Waals surface area contributed by atoms with E-state index in [0.29, 0.717) is 6.54 Å². The molecule has 1 atom stereocenters. The number of likely N-dealkylation sites (N-methyl/N-ethyl adjacent to an activating group) is 1. The van der Waals surface area contributed by atoms with Crippen LogP contribution in [-0.2, 0) is 0 Å². The molecule has 0 aliphatic heterocycles. The van der Waals surface area contributed by atoms with Crippen LogP contribution in [-0.4, -0.2) is 23.6 Å². The van der Waals surface area contributed by atoms with E-state index in [1.54, 1.807) is 16.2 Å². The third kappa shape index (κ3) is 2.61. The predicted molar refractivity (Wildman–Crippen MR) is 47.3 cm³/mol. The first-order valence-corrected chi connectivity index (χ1v) is 4.31. The summed E-state index contributed by atoms with van der Waals surface area (Å²) in [6.07, 6.45) is -0.391. The van der Waals surface area contributed by atoms with Gasteiger partial charge in [-0.15, -0.1) is 11.3 Å². The van der Waals surface area contributed by atoms with Gasteiger partial charge in [0.1, 0.15) is 6.10 Å². The van der Waals surface area contributed by atoms with Crippen LogP contribution in [0.15, 0.2) is 17.5 Å². The average molecular weight is 170 g/mol. The van der Waals surface area contributed by atoms with Gasteiger partial charge in [-0.25, -0.2) is 0 Å².